The fourth-order valence-corrected chi connectivity index (χ4v) is 2.18. The predicted octanol–water partition coefficient (Wildman–Crippen LogP) is 2.22. The van der Waals surface area contributed by atoms with Gasteiger partial charge in [0, 0.05) is 18.8 Å². The molecule has 0 radical (unpaired) electrons. The van der Waals surface area contributed by atoms with E-state index in [1.807, 2.05) is 6.07 Å². The molecule has 4 heteroatoms. The van der Waals surface area contributed by atoms with E-state index in [0.29, 0.717) is 5.88 Å². The van der Waals surface area contributed by atoms with E-state index in [4.69, 9.17) is 4.74 Å². The van der Waals surface area contributed by atoms with Gasteiger partial charge in [-0.05, 0) is 38.1 Å². The third kappa shape index (κ3) is 2.48. The fraction of sp³-hybridized carbons (Fsp3) is 0.500. The molecule has 18 heavy (non-hydrogen) atoms. The maximum Gasteiger partial charge on any atom is 0.213 e. The molecule has 1 N–H and O–H groups in total. The lowest BCUT2D eigenvalue weighted by atomic mass is 10.2. The van der Waals surface area contributed by atoms with E-state index in [9.17, 15) is 0 Å². The van der Waals surface area contributed by atoms with E-state index in [2.05, 4.69) is 41.0 Å². The number of ether oxygens (including phenoxy) is 1. The van der Waals surface area contributed by atoms with Crippen molar-refractivity contribution in [2.75, 3.05) is 20.2 Å². The largest absolute Gasteiger partial charge is 0.481 e. The van der Waals surface area contributed by atoms with Gasteiger partial charge in [0.15, 0.2) is 0 Å². The maximum atomic E-state index is 5.21. The van der Waals surface area contributed by atoms with E-state index < -0.39 is 0 Å². The number of aromatic nitrogens is 2. The molecule has 0 amide bonds. The average molecular weight is 247 g/mol. The van der Waals surface area contributed by atoms with Gasteiger partial charge in [-0.1, -0.05) is 6.92 Å². The Morgan fingerprint density at radius 1 is 1.33 bits per heavy atom. The third-order valence-corrected chi connectivity index (χ3v) is 3.14. The van der Waals surface area contributed by atoms with Gasteiger partial charge >= 0.3 is 0 Å². The first kappa shape index (κ1) is 12.9. The molecular weight excluding hydrogens is 226 g/mol. The van der Waals surface area contributed by atoms with Crippen molar-refractivity contribution in [2.24, 2.45) is 0 Å². The zero-order valence-electron chi connectivity index (χ0n) is 11.4. The van der Waals surface area contributed by atoms with Crippen LogP contribution in [-0.4, -0.2) is 29.8 Å². The summed E-state index contributed by atoms with van der Waals surface area (Å²) in [4.78, 5) is 4.57. The first-order valence-electron chi connectivity index (χ1n) is 6.53. The van der Waals surface area contributed by atoms with Crippen molar-refractivity contribution in [3.8, 4) is 5.88 Å². The Hall–Kier alpha value is -1.55. The normalized spacial score (nSPS) is 11.1. The molecule has 0 bridgehead atoms. The topological polar surface area (TPSA) is 39.1 Å². The van der Waals surface area contributed by atoms with E-state index >= 15 is 0 Å². The highest BCUT2D eigenvalue weighted by molar-refractivity contribution is 5.80. The monoisotopic (exact) mass is 247 g/mol. The molecule has 2 heterocycles. The lowest BCUT2D eigenvalue weighted by Gasteiger charge is -2.02. The molecule has 0 unspecified atom stereocenters. The van der Waals surface area contributed by atoms with Crippen LogP contribution in [0.25, 0.3) is 11.0 Å². The van der Waals surface area contributed by atoms with Gasteiger partial charge < -0.3 is 14.6 Å². The number of fused-ring (bicyclic) bond motifs is 1. The lowest BCUT2D eigenvalue weighted by Crippen LogP contribution is -2.15. The van der Waals surface area contributed by atoms with Crippen molar-refractivity contribution < 1.29 is 4.74 Å². The molecule has 0 aliphatic rings. The Balaban J connectivity index is 2.37. The van der Waals surface area contributed by atoms with Crippen LogP contribution in [0.3, 0.4) is 0 Å². The second kappa shape index (κ2) is 5.87. The summed E-state index contributed by atoms with van der Waals surface area (Å²) >= 11 is 0. The molecule has 4 nitrogen and oxygen atoms in total. The zero-order valence-corrected chi connectivity index (χ0v) is 11.4. The highest BCUT2D eigenvalue weighted by Gasteiger charge is 2.09. The Labute approximate surface area is 108 Å². The van der Waals surface area contributed by atoms with Crippen molar-refractivity contribution in [3.05, 3.63) is 23.9 Å². The van der Waals surface area contributed by atoms with E-state index in [-0.39, 0.29) is 0 Å². The van der Waals surface area contributed by atoms with Crippen molar-refractivity contribution in [1.82, 2.24) is 14.9 Å². The summed E-state index contributed by atoms with van der Waals surface area (Å²) in [5.41, 5.74) is 3.53. The van der Waals surface area contributed by atoms with Gasteiger partial charge in [0.25, 0.3) is 0 Å². The number of nitrogens with one attached hydrogen (secondary N) is 1. The first-order chi connectivity index (χ1) is 8.80. The number of aryl methyl sites for hydroxylation is 1. The molecule has 2 rings (SSSR count). The number of methoxy groups -OCH3 is 1. The van der Waals surface area contributed by atoms with Gasteiger partial charge in [-0.2, -0.15) is 0 Å². The van der Waals surface area contributed by atoms with Gasteiger partial charge in [0.1, 0.15) is 0 Å². The van der Waals surface area contributed by atoms with Crippen LogP contribution in [0.1, 0.15) is 19.4 Å². The molecule has 0 atom stereocenters. The Morgan fingerprint density at radius 2 is 2.17 bits per heavy atom. The van der Waals surface area contributed by atoms with Crippen LogP contribution in [-0.2, 0) is 13.0 Å². The van der Waals surface area contributed by atoms with Crippen LogP contribution in [0.2, 0.25) is 0 Å². The lowest BCUT2D eigenvalue weighted by molar-refractivity contribution is 0.399. The number of rotatable bonds is 6. The SMILES string of the molecule is CCNCCc1cn(CC)c2ccc(OC)nc12. The minimum Gasteiger partial charge on any atom is -0.481 e. The second-order valence-corrected chi connectivity index (χ2v) is 4.27. The van der Waals surface area contributed by atoms with Gasteiger partial charge in [-0.25, -0.2) is 4.98 Å². The van der Waals surface area contributed by atoms with Gasteiger partial charge in [0.2, 0.25) is 5.88 Å². The summed E-state index contributed by atoms with van der Waals surface area (Å²) in [6.07, 6.45) is 3.20. The molecule has 98 valence electrons. The molecule has 2 aromatic heterocycles. The van der Waals surface area contributed by atoms with Crippen LogP contribution < -0.4 is 10.1 Å². The van der Waals surface area contributed by atoms with Crippen LogP contribution >= 0.6 is 0 Å². The molecule has 0 aliphatic heterocycles. The average Bonchev–Trinajstić information content (AvgIpc) is 2.76. The molecule has 0 fully saturated rings. The summed E-state index contributed by atoms with van der Waals surface area (Å²) in [7, 11) is 1.66. The van der Waals surface area contributed by atoms with Crippen LogP contribution in [0.5, 0.6) is 5.88 Å². The van der Waals surface area contributed by atoms with Gasteiger partial charge in [-0.3, -0.25) is 0 Å². The number of likely N-dealkylation sites (N-methyl/N-ethyl adjacent to an activating group) is 1. The Morgan fingerprint density at radius 3 is 2.83 bits per heavy atom. The summed E-state index contributed by atoms with van der Waals surface area (Å²) in [5.74, 6) is 0.682. The fourth-order valence-electron chi connectivity index (χ4n) is 2.18. The number of hydrogen-bond donors (Lipinski definition) is 1. The highest BCUT2D eigenvalue weighted by Crippen LogP contribution is 2.22. The minimum atomic E-state index is 0.682. The van der Waals surface area contributed by atoms with E-state index in [0.717, 1.165) is 31.6 Å². The summed E-state index contributed by atoms with van der Waals surface area (Å²) in [6, 6.07) is 4.00. The van der Waals surface area contributed by atoms with Gasteiger partial charge in [0.05, 0.1) is 18.1 Å². The molecule has 2 aromatic rings. The van der Waals surface area contributed by atoms with Crippen LogP contribution in [0, 0.1) is 0 Å². The minimum absolute atomic E-state index is 0.682. The molecular formula is C14H21N3O. The van der Waals surface area contributed by atoms with Crippen LogP contribution in [0.4, 0.5) is 0 Å². The third-order valence-electron chi connectivity index (χ3n) is 3.14. The summed E-state index contributed by atoms with van der Waals surface area (Å²) < 4.78 is 7.45. The predicted molar refractivity (Wildman–Crippen MR) is 74.2 cm³/mol. The van der Waals surface area contributed by atoms with Crippen LogP contribution in [0.15, 0.2) is 18.3 Å². The smallest absolute Gasteiger partial charge is 0.213 e. The number of nitrogens with zero attached hydrogens (tertiary/aromatic N) is 2. The summed E-state index contributed by atoms with van der Waals surface area (Å²) in [5, 5.41) is 3.35. The number of pyridine rings is 1. The van der Waals surface area contributed by atoms with Gasteiger partial charge in [-0.15, -0.1) is 0 Å². The van der Waals surface area contributed by atoms with Crippen molar-refractivity contribution in [1.29, 1.82) is 0 Å². The maximum absolute atomic E-state index is 5.21. The van der Waals surface area contributed by atoms with Crippen molar-refractivity contribution in [3.63, 3.8) is 0 Å². The van der Waals surface area contributed by atoms with E-state index in [1.54, 1.807) is 7.11 Å². The molecule has 0 aliphatic carbocycles. The molecule has 0 spiro atoms. The van der Waals surface area contributed by atoms with E-state index in [1.165, 1.54) is 11.1 Å². The zero-order chi connectivity index (χ0) is 13.0. The Kier molecular flexibility index (Phi) is 4.20. The second-order valence-electron chi connectivity index (χ2n) is 4.27. The Bertz CT molecular complexity index is 519. The molecule has 0 saturated carbocycles. The quantitative estimate of drug-likeness (QED) is 0.796. The molecule has 0 saturated heterocycles. The van der Waals surface area contributed by atoms with Crippen molar-refractivity contribution in [2.45, 2.75) is 26.8 Å². The number of hydrogen-bond acceptors (Lipinski definition) is 3. The summed E-state index contributed by atoms with van der Waals surface area (Å²) in [6.45, 7) is 7.22. The molecule has 0 aromatic carbocycles. The van der Waals surface area contributed by atoms with Crippen molar-refractivity contribution >= 4 is 11.0 Å². The standard InChI is InChI=1S/C14H21N3O/c1-4-15-9-8-11-10-17(5-2)12-6-7-13(18-3)16-14(11)12/h6-7,10,15H,4-5,8-9H2,1-3H3. The first-order valence-corrected chi connectivity index (χ1v) is 6.53. The highest BCUT2D eigenvalue weighted by atomic mass is 16.5.